The van der Waals surface area contributed by atoms with Gasteiger partial charge in [-0.25, -0.2) is 4.79 Å². The lowest BCUT2D eigenvalue weighted by Crippen LogP contribution is -2.32. The van der Waals surface area contributed by atoms with Gasteiger partial charge >= 0.3 is 5.97 Å². The van der Waals surface area contributed by atoms with Crippen molar-refractivity contribution in [3.8, 4) is 0 Å². The Morgan fingerprint density at radius 3 is 1.85 bits per heavy atom. The molecule has 0 N–H and O–H groups in total. The molecule has 0 atom stereocenters. The van der Waals surface area contributed by atoms with Crippen molar-refractivity contribution in [1.29, 1.82) is 0 Å². The second kappa shape index (κ2) is 6.83. The number of carbonyl (C=O) groups is 1. The highest BCUT2D eigenvalue weighted by Gasteiger charge is 2.53. The Bertz CT molecular complexity index is 856. The molecule has 0 amide bonds. The Morgan fingerprint density at radius 2 is 1.35 bits per heavy atom. The van der Waals surface area contributed by atoms with E-state index < -0.39 is 18.7 Å². The Kier molecular flexibility index (Phi) is 4.66. The van der Waals surface area contributed by atoms with E-state index in [2.05, 4.69) is 15.9 Å². The van der Waals surface area contributed by atoms with Crippen LogP contribution in [0.5, 0.6) is 0 Å². The molecule has 0 bridgehead atoms. The molecule has 1 heterocycles. The van der Waals surface area contributed by atoms with Crippen molar-refractivity contribution in [3.05, 3.63) is 70.5 Å². The molecule has 2 aromatic carbocycles. The van der Waals surface area contributed by atoms with Crippen molar-refractivity contribution in [3.63, 3.8) is 0 Å². The third kappa shape index (κ3) is 2.71. The van der Waals surface area contributed by atoms with E-state index in [9.17, 15) is 9.36 Å². The van der Waals surface area contributed by atoms with Gasteiger partial charge in [-0.15, -0.1) is 0 Å². The SMILES string of the molecule is O=C1OC2(CCCCC2)C(Br)=C1P(=O)(c1ccccc1)c1ccccc1. The first kappa shape index (κ1) is 17.8. The lowest BCUT2D eigenvalue weighted by Gasteiger charge is -2.32. The number of hydrogen-bond acceptors (Lipinski definition) is 3. The number of carbonyl (C=O) groups excluding carboxylic acids is 1. The molecule has 0 aromatic heterocycles. The number of esters is 1. The predicted molar refractivity (Wildman–Crippen MR) is 108 cm³/mol. The normalized spacial score (nSPS) is 19.7. The number of hydrogen-bond donors (Lipinski definition) is 0. The first-order chi connectivity index (χ1) is 12.6. The van der Waals surface area contributed by atoms with Crippen LogP contribution in [0.2, 0.25) is 0 Å². The second-order valence-electron chi connectivity index (χ2n) is 6.89. The minimum absolute atomic E-state index is 0.303. The molecule has 2 aliphatic rings. The largest absolute Gasteiger partial charge is 0.450 e. The van der Waals surface area contributed by atoms with Crippen LogP contribution in [-0.2, 0) is 14.1 Å². The van der Waals surface area contributed by atoms with Crippen LogP contribution in [0.15, 0.2) is 70.5 Å². The lowest BCUT2D eigenvalue weighted by molar-refractivity contribution is -0.148. The summed E-state index contributed by atoms with van der Waals surface area (Å²) in [6.07, 6.45) is 4.73. The Morgan fingerprint density at radius 1 is 0.846 bits per heavy atom. The van der Waals surface area contributed by atoms with E-state index in [-0.39, 0.29) is 0 Å². The highest BCUT2D eigenvalue weighted by atomic mass is 79.9. The molecule has 0 radical (unpaired) electrons. The van der Waals surface area contributed by atoms with E-state index in [0.717, 1.165) is 32.1 Å². The van der Waals surface area contributed by atoms with Gasteiger partial charge in [0.1, 0.15) is 10.9 Å². The van der Waals surface area contributed by atoms with Crippen molar-refractivity contribution in [2.45, 2.75) is 37.7 Å². The summed E-state index contributed by atoms with van der Waals surface area (Å²) in [5.41, 5.74) is -0.635. The van der Waals surface area contributed by atoms with Crippen molar-refractivity contribution < 1.29 is 14.1 Å². The molecule has 4 rings (SSSR count). The fourth-order valence-corrected chi connectivity index (χ4v) is 8.14. The average molecular weight is 431 g/mol. The second-order valence-corrected chi connectivity index (χ2v) is 10.4. The molecule has 0 saturated heterocycles. The molecule has 134 valence electrons. The molecule has 1 saturated carbocycles. The molecular weight excluding hydrogens is 411 g/mol. The summed E-state index contributed by atoms with van der Waals surface area (Å²) in [5.74, 6) is -0.449. The highest BCUT2D eigenvalue weighted by molar-refractivity contribution is 9.11. The Balaban J connectivity index is 1.95. The summed E-state index contributed by atoms with van der Waals surface area (Å²) in [6, 6.07) is 18.5. The molecule has 3 nitrogen and oxygen atoms in total. The fraction of sp³-hybridized carbons (Fsp3) is 0.286. The highest BCUT2D eigenvalue weighted by Crippen LogP contribution is 2.61. The van der Waals surface area contributed by atoms with Crippen LogP contribution in [-0.4, -0.2) is 11.6 Å². The number of benzene rings is 2. The van der Waals surface area contributed by atoms with Gasteiger partial charge < -0.3 is 9.30 Å². The number of halogens is 1. The van der Waals surface area contributed by atoms with Gasteiger partial charge in [-0.05, 0) is 25.7 Å². The molecular formula is C21H20BrO3P. The first-order valence-corrected chi connectivity index (χ1v) is 11.4. The quantitative estimate of drug-likeness (QED) is 0.515. The van der Waals surface area contributed by atoms with Crippen molar-refractivity contribution in [2.75, 3.05) is 0 Å². The van der Waals surface area contributed by atoms with E-state index in [0.29, 0.717) is 20.4 Å². The topological polar surface area (TPSA) is 43.4 Å². The fourth-order valence-electron chi connectivity index (χ4n) is 3.97. The molecule has 2 aromatic rings. The van der Waals surface area contributed by atoms with E-state index in [4.69, 9.17) is 4.74 Å². The molecule has 5 heteroatoms. The van der Waals surface area contributed by atoms with Gasteiger partial charge in [-0.2, -0.15) is 0 Å². The van der Waals surface area contributed by atoms with E-state index in [1.54, 1.807) is 0 Å². The van der Waals surface area contributed by atoms with Gasteiger partial charge in [-0.3, -0.25) is 0 Å². The summed E-state index contributed by atoms with van der Waals surface area (Å²) in [6.45, 7) is 0. The van der Waals surface area contributed by atoms with E-state index >= 15 is 0 Å². The number of ether oxygens (including phenoxy) is 1. The predicted octanol–water partition coefficient (Wildman–Crippen LogP) is 4.87. The van der Waals surface area contributed by atoms with Gasteiger partial charge in [0, 0.05) is 10.6 Å². The molecule has 1 spiro atoms. The van der Waals surface area contributed by atoms with Crippen LogP contribution >= 0.6 is 23.1 Å². The van der Waals surface area contributed by atoms with Crippen molar-refractivity contribution in [2.24, 2.45) is 0 Å². The van der Waals surface area contributed by atoms with Crippen LogP contribution < -0.4 is 10.6 Å². The zero-order valence-electron chi connectivity index (χ0n) is 14.4. The van der Waals surface area contributed by atoms with Gasteiger partial charge in [0.25, 0.3) is 0 Å². The average Bonchev–Trinajstić information content (AvgIpc) is 2.93. The maximum atomic E-state index is 14.5. The van der Waals surface area contributed by atoms with Crippen LogP contribution in [0.4, 0.5) is 0 Å². The van der Waals surface area contributed by atoms with Crippen LogP contribution in [0.25, 0.3) is 0 Å². The maximum Gasteiger partial charge on any atom is 0.344 e. The van der Waals surface area contributed by atoms with Crippen LogP contribution in [0.3, 0.4) is 0 Å². The van der Waals surface area contributed by atoms with E-state index in [1.807, 2.05) is 60.7 Å². The van der Waals surface area contributed by atoms with Gasteiger partial charge in [0.15, 0.2) is 7.14 Å². The van der Waals surface area contributed by atoms with Crippen molar-refractivity contribution >= 4 is 39.7 Å². The smallest absolute Gasteiger partial charge is 0.344 e. The summed E-state index contributed by atoms with van der Waals surface area (Å²) in [5, 5.41) is 1.61. The standard InChI is InChI=1S/C21H20BrO3P/c22-19-18(20(23)25-21(19)14-8-3-9-15-21)26(24,16-10-4-1-5-11-16)17-12-6-2-7-13-17/h1-2,4-7,10-13H,3,8-9,14-15H2. The van der Waals surface area contributed by atoms with E-state index in [1.165, 1.54) is 0 Å². The third-order valence-electron chi connectivity index (χ3n) is 5.31. The minimum Gasteiger partial charge on any atom is -0.450 e. The maximum absolute atomic E-state index is 14.5. The molecule has 26 heavy (non-hydrogen) atoms. The van der Waals surface area contributed by atoms with Crippen LogP contribution in [0, 0.1) is 0 Å². The summed E-state index contributed by atoms with van der Waals surface area (Å²) < 4.78 is 21.0. The van der Waals surface area contributed by atoms with Gasteiger partial charge in [0.2, 0.25) is 0 Å². The molecule has 1 fully saturated rings. The Hall–Kier alpha value is -1.64. The minimum atomic E-state index is -3.32. The number of rotatable bonds is 3. The summed E-state index contributed by atoms with van der Waals surface area (Å²) in [7, 11) is -3.32. The van der Waals surface area contributed by atoms with Crippen LogP contribution in [0.1, 0.15) is 32.1 Å². The zero-order chi connectivity index (χ0) is 18.2. The third-order valence-corrected chi connectivity index (χ3v) is 9.82. The summed E-state index contributed by atoms with van der Waals surface area (Å²) >= 11 is 3.66. The first-order valence-electron chi connectivity index (χ1n) is 8.93. The molecule has 1 aliphatic carbocycles. The van der Waals surface area contributed by atoms with Gasteiger partial charge in [0.05, 0.1) is 4.48 Å². The van der Waals surface area contributed by atoms with Crippen molar-refractivity contribution in [1.82, 2.24) is 0 Å². The lowest BCUT2D eigenvalue weighted by atomic mass is 9.85. The molecule has 1 aliphatic heterocycles. The zero-order valence-corrected chi connectivity index (χ0v) is 16.8. The summed E-state index contributed by atoms with van der Waals surface area (Å²) in [4.78, 5) is 13.0. The Labute approximate surface area is 162 Å². The monoisotopic (exact) mass is 430 g/mol. The molecule has 0 unspecified atom stereocenters. The van der Waals surface area contributed by atoms with Gasteiger partial charge in [-0.1, -0.05) is 83.0 Å².